The first-order chi connectivity index (χ1) is 4.42. The van der Waals surface area contributed by atoms with Crippen LogP contribution in [0.3, 0.4) is 0 Å². The first-order valence-corrected chi connectivity index (χ1v) is 3.73. The van der Waals surface area contributed by atoms with Gasteiger partial charge in [0.05, 0.1) is 0 Å². The van der Waals surface area contributed by atoms with Gasteiger partial charge in [0.1, 0.15) is 0 Å². The summed E-state index contributed by atoms with van der Waals surface area (Å²) in [6, 6.07) is 0. The zero-order valence-corrected chi connectivity index (χ0v) is 5.80. The minimum atomic E-state index is 0.926. The second-order valence-electron chi connectivity index (χ2n) is 3.00. The molecular weight excluding hydrogens is 108 g/mol. The highest BCUT2D eigenvalue weighted by molar-refractivity contribution is 5.27. The molecule has 9 heavy (non-hydrogen) atoms. The average molecular weight is 120 g/mol. The monoisotopic (exact) mass is 120 g/mol. The molecule has 0 nitrogen and oxygen atoms in total. The maximum absolute atomic E-state index is 2.37. The number of hydrogen-bond acceptors (Lipinski definition) is 0. The van der Waals surface area contributed by atoms with Crippen LogP contribution in [0.1, 0.15) is 19.8 Å². The molecule has 2 unspecified atom stereocenters. The molecule has 1 fully saturated rings. The highest BCUT2D eigenvalue weighted by Crippen LogP contribution is 2.46. The highest BCUT2D eigenvalue weighted by Gasteiger charge is 2.35. The van der Waals surface area contributed by atoms with Crippen LogP contribution in [0.15, 0.2) is 23.8 Å². The molecule has 0 N–H and O–H groups in total. The van der Waals surface area contributed by atoms with E-state index in [-0.39, 0.29) is 0 Å². The second kappa shape index (κ2) is 1.73. The minimum Gasteiger partial charge on any atom is -0.0881 e. The van der Waals surface area contributed by atoms with Gasteiger partial charge in [-0.25, -0.2) is 0 Å². The third-order valence-corrected chi connectivity index (χ3v) is 2.61. The average Bonchev–Trinajstić information content (AvgIpc) is 2.14. The summed E-state index contributed by atoms with van der Waals surface area (Å²) >= 11 is 0. The molecule has 0 spiro atoms. The Morgan fingerprint density at radius 3 is 3.22 bits per heavy atom. The van der Waals surface area contributed by atoms with E-state index in [9.17, 15) is 0 Å². The van der Waals surface area contributed by atoms with E-state index in [1.165, 1.54) is 12.8 Å². The highest BCUT2D eigenvalue weighted by atomic mass is 14.4. The van der Waals surface area contributed by atoms with Gasteiger partial charge in [0.15, 0.2) is 0 Å². The molecule has 1 saturated carbocycles. The van der Waals surface area contributed by atoms with Gasteiger partial charge < -0.3 is 0 Å². The van der Waals surface area contributed by atoms with Gasteiger partial charge in [-0.2, -0.15) is 0 Å². The summed E-state index contributed by atoms with van der Waals surface area (Å²) in [5, 5.41) is 0. The zero-order chi connectivity index (χ0) is 6.27. The van der Waals surface area contributed by atoms with Crippen molar-refractivity contribution in [3.05, 3.63) is 23.8 Å². The standard InChI is InChI=1S/C9H12/c1-2-7-6-8-4-3-5-9(7)8/h2-4,8-9H,5-6H2,1H3/b7-2-. The first-order valence-electron chi connectivity index (χ1n) is 3.73. The van der Waals surface area contributed by atoms with Gasteiger partial charge in [-0.3, -0.25) is 0 Å². The number of allylic oxidation sites excluding steroid dienone is 4. The van der Waals surface area contributed by atoms with E-state index >= 15 is 0 Å². The Kier molecular flexibility index (Phi) is 1.01. The topological polar surface area (TPSA) is 0 Å². The summed E-state index contributed by atoms with van der Waals surface area (Å²) in [5.74, 6) is 1.85. The molecule has 2 aliphatic carbocycles. The van der Waals surface area contributed by atoms with Crippen LogP contribution < -0.4 is 0 Å². The maximum atomic E-state index is 2.37. The van der Waals surface area contributed by atoms with E-state index in [4.69, 9.17) is 0 Å². The smallest absolute Gasteiger partial charge is 0.0103 e. The first kappa shape index (κ1) is 5.28. The van der Waals surface area contributed by atoms with Gasteiger partial charge in [-0.05, 0) is 31.6 Å². The van der Waals surface area contributed by atoms with E-state index in [1.54, 1.807) is 5.57 Å². The Morgan fingerprint density at radius 2 is 2.56 bits per heavy atom. The Bertz CT molecular complexity index is 174. The van der Waals surface area contributed by atoms with Crippen molar-refractivity contribution >= 4 is 0 Å². The van der Waals surface area contributed by atoms with Crippen LogP contribution >= 0.6 is 0 Å². The summed E-state index contributed by atoms with van der Waals surface area (Å²) in [6.45, 7) is 2.16. The molecule has 0 heterocycles. The lowest BCUT2D eigenvalue weighted by Crippen LogP contribution is -2.23. The van der Waals surface area contributed by atoms with Gasteiger partial charge >= 0.3 is 0 Å². The lowest BCUT2D eigenvalue weighted by Gasteiger charge is -2.33. The lowest BCUT2D eigenvalue weighted by atomic mass is 9.71. The molecule has 0 aromatic rings. The van der Waals surface area contributed by atoms with Gasteiger partial charge in [0, 0.05) is 0 Å². The number of fused-ring (bicyclic) bond motifs is 1. The summed E-state index contributed by atoms with van der Waals surface area (Å²) < 4.78 is 0. The molecule has 0 aromatic carbocycles. The number of rotatable bonds is 0. The largest absolute Gasteiger partial charge is 0.0881 e. The van der Waals surface area contributed by atoms with E-state index in [0.717, 1.165) is 11.8 Å². The van der Waals surface area contributed by atoms with Crippen molar-refractivity contribution < 1.29 is 0 Å². The fourth-order valence-electron chi connectivity index (χ4n) is 1.94. The molecule has 0 heteroatoms. The Balaban J connectivity index is 2.13. The molecule has 0 aromatic heterocycles. The fraction of sp³-hybridized carbons (Fsp3) is 0.556. The molecule has 2 atom stereocenters. The summed E-state index contributed by atoms with van der Waals surface area (Å²) in [6.07, 6.45) is 9.64. The van der Waals surface area contributed by atoms with Crippen LogP contribution in [-0.4, -0.2) is 0 Å². The van der Waals surface area contributed by atoms with E-state index in [1.807, 2.05) is 0 Å². The van der Waals surface area contributed by atoms with Gasteiger partial charge in [0.25, 0.3) is 0 Å². The van der Waals surface area contributed by atoms with Crippen LogP contribution in [0.5, 0.6) is 0 Å². The van der Waals surface area contributed by atoms with Crippen molar-refractivity contribution in [2.45, 2.75) is 19.8 Å². The molecule has 48 valence electrons. The lowest BCUT2D eigenvalue weighted by molar-refractivity contribution is 0.365. The summed E-state index contributed by atoms with van der Waals surface area (Å²) in [4.78, 5) is 0. The Labute approximate surface area is 56.3 Å². The molecule has 0 saturated heterocycles. The van der Waals surface area contributed by atoms with Crippen LogP contribution in [0, 0.1) is 11.8 Å². The van der Waals surface area contributed by atoms with Crippen molar-refractivity contribution in [1.82, 2.24) is 0 Å². The molecule has 2 rings (SSSR count). The fourth-order valence-corrected chi connectivity index (χ4v) is 1.94. The van der Waals surface area contributed by atoms with Crippen LogP contribution in [-0.2, 0) is 0 Å². The van der Waals surface area contributed by atoms with Crippen LogP contribution in [0.25, 0.3) is 0 Å². The molecule has 2 aliphatic rings. The quantitative estimate of drug-likeness (QED) is 0.431. The molecule has 0 amide bonds. The summed E-state index contributed by atoms with van der Waals surface area (Å²) in [7, 11) is 0. The number of hydrogen-bond donors (Lipinski definition) is 0. The molecule has 0 radical (unpaired) electrons. The van der Waals surface area contributed by atoms with E-state index in [0.29, 0.717) is 0 Å². The SMILES string of the molecule is C/C=C1/CC2C=CCC12. The normalized spacial score (nSPS) is 43.0. The maximum Gasteiger partial charge on any atom is -0.0103 e. The Morgan fingerprint density at radius 1 is 1.67 bits per heavy atom. The van der Waals surface area contributed by atoms with E-state index in [2.05, 4.69) is 25.2 Å². The second-order valence-corrected chi connectivity index (χ2v) is 3.00. The third-order valence-electron chi connectivity index (χ3n) is 2.61. The predicted octanol–water partition coefficient (Wildman–Crippen LogP) is 2.53. The molecule has 0 aliphatic heterocycles. The van der Waals surface area contributed by atoms with Crippen molar-refractivity contribution in [2.75, 3.05) is 0 Å². The van der Waals surface area contributed by atoms with Crippen LogP contribution in [0.2, 0.25) is 0 Å². The van der Waals surface area contributed by atoms with Gasteiger partial charge in [-0.15, -0.1) is 0 Å². The summed E-state index contributed by atoms with van der Waals surface area (Å²) in [5.41, 5.74) is 1.69. The predicted molar refractivity (Wildman–Crippen MR) is 39.1 cm³/mol. The van der Waals surface area contributed by atoms with Crippen molar-refractivity contribution in [3.63, 3.8) is 0 Å². The van der Waals surface area contributed by atoms with Crippen molar-refractivity contribution in [3.8, 4) is 0 Å². The third kappa shape index (κ3) is 0.592. The van der Waals surface area contributed by atoms with Gasteiger partial charge in [0.2, 0.25) is 0 Å². The van der Waals surface area contributed by atoms with E-state index < -0.39 is 0 Å². The van der Waals surface area contributed by atoms with Crippen molar-refractivity contribution in [2.24, 2.45) is 11.8 Å². The van der Waals surface area contributed by atoms with Gasteiger partial charge in [-0.1, -0.05) is 23.8 Å². The van der Waals surface area contributed by atoms with Crippen molar-refractivity contribution in [1.29, 1.82) is 0 Å². The molecule has 0 bridgehead atoms. The Hall–Kier alpha value is -0.520. The molecular formula is C9H12. The van der Waals surface area contributed by atoms with Crippen LogP contribution in [0.4, 0.5) is 0 Å². The zero-order valence-electron chi connectivity index (χ0n) is 5.80. The minimum absolute atomic E-state index is 0.926.